The molecule has 7 nitrogen and oxygen atoms in total. The number of aromatic nitrogens is 5. The van der Waals surface area contributed by atoms with Gasteiger partial charge < -0.3 is 33.9 Å². The van der Waals surface area contributed by atoms with E-state index < -0.39 is 0 Å². The molecular weight excluding hydrogens is 1710 g/mol. The Labute approximate surface area is 749 Å². The van der Waals surface area contributed by atoms with Gasteiger partial charge in [0.05, 0.1) is 41.3 Å². The number of anilines is 6. The minimum absolute atomic E-state index is 0. The van der Waals surface area contributed by atoms with Crippen LogP contribution < -0.4 is 9.80 Å². The molecule has 5 heterocycles. The zero-order chi connectivity index (χ0) is 83.1. The summed E-state index contributed by atoms with van der Waals surface area (Å²) in [5.74, 6) is 0. The third-order valence-corrected chi connectivity index (χ3v) is 21.3. The standard InChI is InChI=1S/C44H32N2.C36H24N2.3C11H8N.CH4BP.CH4.Ir/c1-3-17-37(18-4-1)45(43-23-11-15-35-13-7-9-21-41(35)43)39-29-25-33(26-30-39)34-27-31-40(32-28-34)46(38-19-5-2-6-20-38)44-24-12-16-36-14-8-10-22-42(36)44;1-5-13-33-29(9-1)30-10-2-6-14-34(30)37(33)27-21-17-25(18-22-27)26-19-23-28(24-20-26)38-35-15-7-3-11-31(35)32-12-4-8-16-36(32)38;3*1-2-6-10(7-3-1)11-8-4-5-9-12-11;2-1-3;;/h1-32H;1-24H;3*1-6,8-9H;1,3H2;1H4;/q;;3*-1;;;+3. The van der Waals surface area contributed by atoms with Crippen molar-refractivity contribution in [3.8, 4) is 67.4 Å². The number of para-hydroxylation sites is 6. The summed E-state index contributed by atoms with van der Waals surface area (Å²) in [4.78, 5) is 17.3. The molecule has 10 heteroatoms. The Hall–Kier alpha value is -14.9. The molecule has 0 aliphatic carbocycles. The molecule has 0 saturated carbocycles. The van der Waals surface area contributed by atoms with Crippen molar-refractivity contribution in [3.63, 3.8) is 0 Å². The quantitative estimate of drug-likeness (QED) is 0.0654. The number of hydrogen-bond donors (Lipinski definition) is 0. The van der Waals surface area contributed by atoms with E-state index in [2.05, 4.69) is 401 Å². The van der Waals surface area contributed by atoms with Gasteiger partial charge in [-0.1, -0.05) is 280 Å². The average molecular weight is 1800 g/mol. The molecule has 1 unspecified atom stereocenters. The van der Waals surface area contributed by atoms with Gasteiger partial charge in [-0.25, -0.2) is 0 Å². The summed E-state index contributed by atoms with van der Waals surface area (Å²) in [6.45, 7) is 0. The molecule has 125 heavy (non-hydrogen) atoms. The molecule has 1 atom stereocenters. The number of rotatable bonds is 13. The van der Waals surface area contributed by atoms with Crippen LogP contribution in [0.1, 0.15) is 7.43 Å². The molecule has 0 amide bonds. The molecular formula is C115H88BIrN7P. The largest absolute Gasteiger partial charge is 3.00 e. The predicted octanol–water partition coefficient (Wildman–Crippen LogP) is 30.4. The smallest absolute Gasteiger partial charge is 0.310 e. The number of nitrogens with zero attached hydrogens (tertiary/aromatic N) is 7. The van der Waals surface area contributed by atoms with Crippen LogP contribution in [0.15, 0.2) is 486 Å². The Kier molecular flexibility index (Phi) is 28.6. The zero-order valence-electron chi connectivity index (χ0n) is 68.0. The normalized spacial score (nSPS) is 10.5. The zero-order valence-corrected chi connectivity index (χ0v) is 71.6. The first-order valence-corrected chi connectivity index (χ1v) is 41.9. The van der Waals surface area contributed by atoms with Gasteiger partial charge in [0, 0.05) is 85.0 Å². The van der Waals surface area contributed by atoms with Crippen LogP contribution in [-0.4, -0.2) is 38.0 Å². The van der Waals surface area contributed by atoms with Crippen molar-refractivity contribution in [2.75, 3.05) is 15.9 Å². The van der Waals surface area contributed by atoms with Crippen LogP contribution in [0.3, 0.4) is 0 Å². The molecule has 0 N–H and O–H groups in total. The molecule has 17 aromatic carbocycles. The maximum Gasteiger partial charge on any atom is 3.00 e. The Morgan fingerprint density at radius 1 is 0.248 bits per heavy atom. The second-order valence-electron chi connectivity index (χ2n) is 29.0. The second-order valence-corrected chi connectivity index (χ2v) is 29.4. The number of pyridine rings is 3. The molecule has 22 aromatic rings. The fourth-order valence-corrected chi connectivity index (χ4v) is 15.7. The van der Waals surface area contributed by atoms with E-state index >= 15 is 0 Å². The Morgan fingerprint density at radius 2 is 0.496 bits per heavy atom. The molecule has 0 bridgehead atoms. The SMILES string of the molecule is C.[B]CP.[Ir+3].[c-]1ccccc1-c1ccccn1.[c-]1ccccc1-c1ccccn1.[c-]1ccccc1-c1ccccn1.c1ccc(N(c2ccc(-c3ccc(N(c4ccccc4)c4cccc5ccccc45)cc3)cc2)c2cccc3ccccc23)cc1.c1ccc2c(c1)c1ccccc1n2-c1ccc(-c2ccc(-n3c4ccccc4c4ccccc43)cc2)cc1. The maximum absolute atomic E-state index is 4.81. The Morgan fingerprint density at radius 3 is 0.784 bits per heavy atom. The van der Waals surface area contributed by atoms with E-state index in [1.807, 2.05) is 127 Å². The van der Waals surface area contributed by atoms with Gasteiger partial charge in [-0.05, 0) is 178 Å². The molecule has 0 spiro atoms. The van der Waals surface area contributed by atoms with Gasteiger partial charge in [0.25, 0.3) is 0 Å². The van der Waals surface area contributed by atoms with Crippen molar-refractivity contribution in [1.82, 2.24) is 24.1 Å². The summed E-state index contributed by atoms with van der Waals surface area (Å²) in [5, 5.41) is 10.0. The van der Waals surface area contributed by atoms with Gasteiger partial charge in [0.1, 0.15) is 0 Å². The fraction of sp³-hybridized carbons (Fsp3) is 0.0174. The fourth-order valence-electron chi connectivity index (χ4n) is 15.7. The van der Waals surface area contributed by atoms with Gasteiger partial charge in [-0.2, -0.15) is 0 Å². The Balaban J connectivity index is 0.000000135. The first-order valence-electron chi connectivity index (χ1n) is 41.1. The van der Waals surface area contributed by atoms with Crippen LogP contribution in [0, 0.1) is 18.2 Å². The molecule has 0 aliphatic heterocycles. The van der Waals surface area contributed by atoms with E-state index in [1.54, 1.807) is 18.6 Å². The molecule has 2 radical (unpaired) electrons. The van der Waals surface area contributed by atoms with Crippen LogP contribution in [0.25, 0.3) is 133 Å². The van der Waals surface area contributed by atoms with Crippen molar-refractivity contribution < 1.29 is 20.1 Å². The van der Waals surface area contributed by atoms with Crippen LogP contribution in [0.2, 0.25) is 0 Å². The minimum atomic E-state index is 0. The number of fused-ring (bicyclic) bond motifs is 8. The van der Waals surface area contributed by atoms with Crippen molar-refractivity contribution in [2.24, 2.45) is 0 Å². The monoisotopic (exact) mass is 1800 g/mol. The topological polar surface area (TPSA) is 55.0 Å². The van der Waals surface area contributed by atoms with Gasteiger partial charge in [0.15, 0.2) is 0 Å². The number of hydrogen-bond acceptors (Lipinski definition) is 5. The van der Waals surface area contributed by atoms with Gasteiger partial charge >= 0.3 is 20.1 Å². The van der Waals surface area contributed by atoms with E-state index in [-0.39, 0.29) is 27.5 Å². The van der Waals surface area contributed by atoms with Crippen LogP contribution >= 0.6 is 9.24 Å². The molecule has 0 saturated heterocycles. The molecule has 0 fully saturated rings. The van der Waals surface area contributed by atoms with E-state index in [1.165, 1.54) is 98.8 Å². The van der Waals surface area contributed by atoms with Gasteiger partial charge in [-0.15, -0.1) is 117 Å². The first kappa shape index (κ1) is 85.0. The van der Waals surface area contributed by atoms with E-state index in [0.29, 0.717) is 6.06 Å². The molecule has 22 rings (SSSR count). The third kappa shape index (κ3) is 19.8. The second kappa shape index (κ2) is 42.0. The van der Waals surface area contributed by atoms with E-state index in [4.69, 9.17) is 7.85 Å². The molecule has 0 aliphatic rings. The number of benzene rings is 17. The Bertz CT molecular complexity index is 6400. The molecule has 600 valence electrons. The van der Waals surface area contributed by atoms with Crippen LogP contribution in [-0.2, 0) is 20.1 Å². The summed E-state index contributed by atoms with van der Waals surface area (Å²) in [6.07, 6.45) is 5.36. The van der Waals surface area contributed by atoms with Crippen molar-refractivity contribution in [1.29, 1.82) is 0 Å². The summed E-state index contributed by atoms with van der Waals surface area (Å²) in [6, 6.07) is 173. The van der Waals surface area contributed by atoms with Crippen LogP contribution in [0.5, 0.6) is 0 Å². The van der Waals surface area contributed by atoms with Gasteiger partial charge in [-0.3, -0.25) is 0 Å². The summed E-state index contributed by atoms with van der Waals surface area (Å²) in [5.41, 5.74) is 24.9. The molecule has 5 aromatic heterocycles. The third-order valence-electron chi connectivity index (χ3n) is 21.3. The summed E-state index contributed by atoms with van der Waals surface area (Å²) >= 11 is 0. The van der Waals surface area contributed by atoms with E-state index in [9.17, 15) is 0 Å². The van der Waals surface area contributed by atoms with Crippen LogP contribution in [0.4, 0.5) is 34.1 Å². The first-order chi connectivity index (χ1) is 61.0. The van der Waals surface area contributed by atoms with E-state index in [0.717, 1.165) is 67.9 Å². The van der Waals surface area contributed by atoms with Crippen molar-refractivity contribution in [2.45, 2.75) is 7.43 Å². The van der Waals surface area contributed by atoms with Gasteiger partial charge in [0.2, 0.25) is 0 Å². The minimum Gasteiger partial charge on any atom is -0.310 e. The summed E-state index contributed by atoms with van der Waals surface area (Å²) < 4.78 is 4.72. The predicted molar refractivity (Wildman–Crippen MR) is 529 cm³/mol. The maximum atomic E-state index is 4.81. The van der Waals surface area contributed by atoms with Crippen molar-refractivity contribution >= 4 is 116 Å². The average Bonchev–Trinajstić information content (AvgIpc) is 1.57. The summed E-state index contributed by atoms with van der Waals surface area (Å²) in [7, 11) is 7.17. The van der Waals surface area contributed by atoms with Crippen molar-refractivity contribution in [3.05, 3.63) is 504 Å².